The fourth-order valence-corrected chi connectivity index (χ4v) is 2.29. The van der Waals surface area contributed by atoms with Gasteiger partial charge in [0.05, 0.1) is 17.6 Å². The van der Waals surface area contributed by atoms with Gasteiger partial charge in [-0.15, -0.1) is 0 Å². The summed E-state index contributed by atoms with van der Waals surface area (Å²) in [6.07, 6.45) is 1.17. The van der Waals surface area contributed by atoms with E-state index in [1.54, 1.807) is 0 Å². The fraction of sp³-hybridized carbons (Fsp3) is 0.533. The summed E-state index contributed by atoms with van der Waals surface area (Å²) in [4.78, 5) is 4.57. The first-order valence-electron chi connectivity index (χ1n) is 6.98. The Kier molecular flexibility index (Phi) is 4.93. The molecule has 19 heavy (non-hydrogen) atoms. The van der Waals surface area contributed by atoms with Crippen LogP contribution in [-0.4, -0.2) is 27.9 Å². The predicted octanol–water partition coefficient (Wildman–Crippen LogP) is 2.91. The van der Waals surface area contributed by atoms with Gasteiger partial charge in [0.1, 0.15) is 11.9 Å². The van der Waals surface area contributed by atoms with Crippen LogP contribution in [0.3, 0.4) is 0 Å². The van der Waals surface area contributed by atoms with E-state index in [2.05, 4.69) is 16.5 Å². The molecule has 0 aliphatic heterocycles. The lowest BCUT2D eigenvalue weighted by molar-refractivity contribution is 0.128. The van der Waals surface area contributed by atoms with Crippen molar-refractivity contribution in [1.29, 1.82) is 0 Å². The molecule has 0 fully saturated rings. The van der Waals surface area contributed by atoms with Gasteiger partial charge in [-0.2, -0.15) is 0 Å². The smallest absolute Gasteiger partial charge is 0.138 e. The standard InChI is InChI=1S/C15H22N2O2/c1-3-7-14(18)15-16-12-8-5-6-9-13(12)17(15)10-11-19-4-2/h5-6,8-9,14,18H,3-4,7,10-11H2,1-2H3/t14-/m0/s1. The third-order valence-electron chi connectivity index (χ3n) is 3.21. The molecule has 1 aromatic carbocycles. The van der Waals surface area contributed by atoms with Crippen LogP contribution < -0.4 is 0 Å². The van der Waals surface area contributed by atoms with E-state index in [4.69, 9.17) is 4.74 Å². The van der Waals surface area contributed by atoms with E-state index in [-0.39, 0.29) is 0 Å². The molecular formula is C15H22N2O2. The maximum atomic E-state index is 10.2. The summed E-state index contributed by atoms with van der Waals surface area (Å²) in [5.41, 5.74) is 2.00. The zero-order chi connectivity index (χ0) is 13.7. The first-order chi connectivity index (χ1) is 9.27. The van der Waals surface area contributed by atoms with Gasteiger partial charge in [-0.1, -0.05) is 25.5 Å². The Morgan fingerprint density at radius 3 is 2.84 bits per heavy atom. The summed E-state index contributed by atoms with van der Waals surface area (Å²) < 4.78 is 7.49. The first kappa shape index (κ1) is 14.0. The molecule has 2 aromatic rings. The summed E-state index contributed by atoms with van der Waals surface area (Å²) in [5, 5.41) is 10.2. The Morgan fingerprint density at radius 2 is 2.11 bits per heavy atom. The van der Waals surface area contributed by atoms with E-state index >= 15 is 0 Å². The van der Waals surface area contributed by atoms with Crippen molar-refractivity contribution in [3.63, 3.8) is 0 Å². The summed E-state index contributed by atoms with van der Waals surface area (Å²) in [6, 6.07) is 7.99. The van der Waals surface area contributed by atoms with E-state index in [1.807, 2.05) is 31.2 Å². The second-order valence-electron chi connectivity index (χ2n) is 4.61. The minimum Gasteiger partial charge on any atom is -0.385 e. The van der Waals surface area contributed by atoms with Crippen molar-refractivity contribution in [1.82, 2.24) is 9.55 Å². The SMILES string of the molecule is CCC[C@H](O)c1nc2ccccc2n1CCOCC. The van der Waals surface area contributed by atoms with Gasteiger partial charge in [-0.25, -0.2) is 4.98 Å². The highest BCUT2D eigenvalue weighted by atomic mass is 16.5. The fourth-order valence-electron chi connectivity index (χ4n) is 2.29. The van der Waals surface area contributed by atoms with Crippen molar-refractivity contribution in [3.05, 3.63) is 30.1 Å². The molecule has 0 aliphatic rings. The minimum absolute atomic E-state index is 0.501. The number of benzene rings is 1. The van der Waals surface area contributed by atoms with Crippen LogP contribution in [0.1, 0.15) is 38.6 Å². The molecule has 0 spiro atoms. The molecule has 0 radical (unpaired) electrons. The van der Waals surface area contributed by atoms with E-state index in [1.165, 1.54) is 0 Å². The molecular weight excluding hydrogens is 240 g/mol. The predicted molar refractivity (Wildman–Crippen MR) is 76.1 cm³/mol. The van der Waals surface area contributed by atoms with Gasteiger partial charge >= 0.3 is 0 Å². The number of hydrogen-bond acceptors (Lipinski definition) is 3. The monoisotopic (exact) mass is 262 g/mol. The van der Waals surface area contributed by atoms with Crippen LogP contribution in [-0.2, 0) is 11.3 Å². The molecule has 0 saturated carbocycles. The molecule has 104 valence electrons. The molecule has 1 aromatic heterocycles. The Labute approximate surface area is 114 Å². The van der Waals surface area contributed by atoms with E-state index in [0.29, 0.717) is 13.2 Å². The van der Waals surface area contributed by atoms with Crippen molar-refractivity contribution in [2.24, 2.45) is 0 Å². The number of fused-ring (bicyclic) bond motifs is 1. The minimum atomic E-state index is -0.501. The van der Waals surface area contributed by atoms with Crippen LogP contribution in [0, 0.1) is 0 Å². The number of para-hydroxylation sites is 2. The molecule has 2 rings (SSSR count). The average molecular weight is 262 g/mol. The largest absolute Gasteiger partial charge is 0.385 e. The van der Waals surface area contributed by atoms with Crippen LogP contribution in [0.15, 0.2) is 24.3 Å². The number of rotatable bonds is 7. The quantitative estimate of drug-likeness (QED) is 0.780. The Bertz CT molecular complexity index is 522. The summed E-state index contributed by atoms with van der Waals surface area (Å²) in [5.74, 6) is 0.753. The van der Waals surface area contributed by atoms with Gasteiger partial charge in [0.25, 0.3) is 0 Å². The molecule has 1 N–H and O–H groups in total. The van der Waals surface area contributed by atoms with Crippen molar-refractivity contribution in [3.8, 4) is 0 Å². The maximum absolute atomic E-state index is 10.2. The molecule has 0 saturated heterocycles. The molecule has 4 nitrogen and oxygen atoms in total. The van der Waals surface area contributed by atoms with Gasteiger partial charge in [0.2, 0.25) is 0 Å². The molecule has 1 atom stereocenters. The number of aliphatic hydroxyl groups excluding tert-OH is 1. The highest BCUT2D eigenvalue weighted by molar-refractivity contribution is 5.76. The molecule has 0 unspecified atom stereocenters. The summed E-state index contributed by atoms with van der Waals surface area (Å²) >= 11 is 0. The zero-order valence-electron chi connectivity index (χ0n) is 11.7. The molecule has 4 heteroatoms. The lowest BCUT2D eigenvalue weighted by Crippen LogP contribution is -2.12. The summed E-state index contributed by atoms with van der Waals surface area (Å²) in [6.45, 7) is 6.13. The second kappa shape index (κ2) is 6.68. The van der Waals surface area contributed by atoms with Gasteiger partial charge in [-0.3, -0.25) is 0 Å². The zero-order valence-corrected chi connectivity index (χ0v) is 11.7. The van der Waals surface area contributed by atoms with Crippen LogP contribution in [0.25, 0.3) is 11.0 Å². The highest BCUT2D eigenvalue weighted by Crippen LogP contribution is 2.23. The van der Waals surface area contributed by atoms with Crippen molar-refractivity contribution in [2.75, 3.05) is 13.2 Å². The van der Waals surface area contributed by atoms with Crippen molar-refractivity contribution >= 4 is 11.0 Å². The summed E-state index contributed by atoms with van der Waals surface area (Å²) in [7, 11) is 0. The normalized spacial score (nSPS) is 13.0. The van der Waals surface area contributed by atoms with E-state index in [0.717, 1.165) is 36.2 Å². The number of imidazole rings is 1. The van der Waals surface area contributed by atoms with Gasteiger partial charge < -0.3 is 14.4 Å². The van der Waals surface area contributed by atoms with Gasteiger partial charge in [-0.05, 0) is 25.5 Å². The van der Waals surface area contributed by atoms with Gasteiger partial charge in [0, 0.05) is 13.2 Å². The lowest BCUT2D eigenvalue weighted by Gasteiger charge is -2.13. The van der Waals surface area contributed by atoms with E-state index in [9.17, 15) is 5.11 Å². The third kappa shape index (κ3) is 3.14. The second-order valence-corrected chi connectivity index (χ2v) is 4.61. The molecule has 0 amide bonds. The van der Waals surface area contributed by atoms with Crippen molar-refractivity contribution < 1.29 is 9.84 Å². The molecule has 0 aliphatic carbocycles. The van der Waals surface area contributed by atoms with Crippen LogP contribution in [0.5, 0.6) is 0 Å². The highest BCUT2D eigenvalue weighted by Gasteiger charge is 2.16. The molecule has 1 heterocycles. The third-order valence-corrected chi connectivity index (χ3v) is 3.21. The average Bonchev–Trinajstić information content (AvgIpc) is 2.79. The Balaban J connectivity index is 2.34. The number of hydrogen-bond donors (Lipinski definition) is 1. The first-order valence-corrected chi connectivity index (χ1v) is 6.98. The van der Waals surface area contributed by atoms with Crippen LogP contribution >= 0.6 is 0 Å². The number of ether oxygens (including phenoxy) is 1. The maximum Gasteiger partial charge on any atom is 0.138 e. The number of aliphatic hydroxyl groups is 1. The number of aromatic nitrogens is 2. The lowest BCUT2D eigenvalue weighted by atomic mass is 10.2. The Hall–Kier alpha value is -1.39. The Morgan fingerprint density at radius 1 is 1.32 bits per heavy atom. The van der Waals surface area contributed by atoms with Gasteiger partial charge in [0.15, 0.2) is 0 Å². The number of nitrogens with zero attached hydrogens (tertiary/aromatic N) is 2. The van der Waals surface area contributed by atoms with Crippen LogP contribution in [0.4, 0.5) is 0 Å². The van der Waals surface area contributed by atoms with Crippen molar-refractivity contribution in [2.45, 2.75) is 39.3 Å². The molecule has 0 bridgehead atoms. The van der Waals surface area contributed by atoms with E-state index < -0.39 is 6.10 Å². The van der Waals surface area contributed by atoms with Crippen LogP contribution in [0.2, 0.25) is 0 Å². The topological polar surface area (TPSA) is 47.3 Å².